The lowest BCUT2D eigenvalue weighted by Crippen LogP contribution is -2.25. The zero-order chi connectivity index (χ0) is 18.1. The normalized spacial score (nSPS) is 10.5. The van der Waals surface area contributed by atoms with E-state index in [1.807, 2.05) is 5.87 Å². The molecule has 0 atom stereocenters. The second kappa shape index (κ2) is 9.00. The Morgan fingerprint density at radius 3 is 2.46 bits per heavy atom. The molecule has 0 aliphatic heterocycles. The molecule has 122 valence electrons. The summed E-state index contributed by atoms with van der Waals surface area (Å²) < 4.78 is 4.83. The van der Waals surface area contributed by atoms with Crippen LogP contribution in [0.3, 0.4) is 0 Å². The molecule has 8 heteroatoms. The van der Waals surface area contributed by atoms with E-state index in [9.17, 15) is 14.9 Å². The summed E-state index contributed by atoms with van der Waals surface area (Å²) in [5, 5.41) is 19.0. The lowest BCUT2D eigenvalue weighted by atomic mass is 10.0. The summed E-state index contributed by atoms with van der Waals surface area (Å²) in [5.74, 6) is 0.0581. The number of para-hydroxylation sites is 1. The number of amides is 1. The summed E-state index contributed by atoms with van der Waals surface area (Å²) in [4.78, 5) is 24.1. The van der Waals surface area contributed by atoms with Gasteiger partial charge in [-0.3, -0.25) is 10.2 Å². The van der Waals surface area contributed by atoms with Crippen molar-refractivity contribution in [3.63, 3.8) is 0 Å². The number of nitriles is 1. The van der Waals surface area contributed by atoms with Gasteiger partial charge >= 0.3 is 5.97 Å². The summed E-state index contributed by atoms with van der Waals surface area (Å²) in [5.41, 5.74) is 4.47. The Hall–Kier alpha value is -3.27. The molecule has 0 saturated carbocycles. The zero-order valence-electron chi connectivity index (χ0n) is 12.8. The maximum absolute atomic E-state index is 12.4. The van der Waals surface area contributed by atoms with Crippen molar-refractivity contribution in [2.75, 3.05) is 11.9 Å². The molecule has 0 spiro atoms. The van der Waals surface area contributed by atoms with Crippen molar-refractivity contribution in [2.24, 2.45) is 5.73 Å². The van der Waals surface area contributed by atoms with Crippen LogP contribution < -0.4 is 11.1 Å². The number of nitrogens with one attached hydrogen (secondary N) is 2. The number of anilines is 1. The van der Waals surface area contributed by atoms with Crippen molar-refractivity contribution in [3.05, 3.63) is 47.1 Å². The molecule has 0 bridgehead atoms. The van der Waals surface area contributed by atoms with Crippen molar-refractivity contribution < 1.29 is 14.3 Å². The molecule has 1 amide bonds. The highest BCUT2D eigenvalue weighted by Gasteiger charge is 2.28. The second-order valence-electron chi connectivity index (χ2n) is 4.27. The van der Waals surface area contributed by atoms with Gasteiger partial charge in [-0.2, -0.15) is 5.26 Å². The maximum Gasteiger partial charge on any atom is 0.341 e. The molecule has 1 rings (SSSR count). The highest BCUT2D eigenvalue weighted by molar-refractivity contribution is 7.80. The van der Waals surface area contributed by atoms with Crippen molar-refractivity contribution in [2.45, 2.75) is 6.92 Å². The number of carbonyl (C=O) groups is 2. The number of thiocarbonyl (C=S) groups is 1. The van der Waals surface area contributed by atoms with Crippen LogP contribution >= 0.6 is 12.2 Å². The predicted octanol–water partition coefficient (Wildman–Crippen LogP) is 1.47. The second-order valence-corrected chi connectivity index (χ2v) is 4.71. The summed E-state index contributed by atoms with van der Waals surface area (Å²) >= 11 is 4.73. The minimum Gasteiger partial charge on any atom is -0.462 e. The number of carbonyl (C=O) groups excluding carboxylic acids is 2. The fraction of sp³-hybridized carbons (Fsp3) is 0.125. The van der Waals surface area contributed by atoms with E-state index in [2.05, 4.69) is 5.32 Å². The summed E-state index contributed by atoms with van der Waals surface area (Å²) in [7, 11) is 0. The van der Waals surface area contributed by atoms with E-state index in [-0.39, 0.29) is 11.6 Å². The molecule has 1 aromatic rings. The number of nitrogens with two attached hydrogens (primary N) is 1. The van der Waals surface area contributed by atoms with Crippen LogP contribution in [0.15, 0.2) is 47.1 Å². The van der Waals surface area contributed by atoms with Crippen LogP contribution in [-0.4, -0.2) is 29.3 Å². The van der Waals surface area contributed by atoms with Gasteiger partial charge in [0, 0.05) is 5.69 Å². The van der Waals surface area contributed by atoms with E-state index in [4.69, 9.17) is 28.1 Å². The number of hydrogen-bond donors (Lipinski definition) is 3. The Morgan fingerprint density at radius 2 is 2.00 bits per heavy atom. The number of hydrogen-bond acceptors (Lipinski definition) is 6. The van der Waals surface area contributed by atoms with E-state index in [1.165, 1.54) is 0 Å². The molecular weight excluding hydrogens is 328 g/mol. The number of esters is 1. The molecule has 0 heterocycles. The van der Waals surface area contributed by atoms with E-state index < -0.39 is 28.6 Å². The molecule has 4 N–H and O–H groups in total. The monoisotopic (exact) mass is 342 g/mol. The fourth-order valence-corrected chi connectivity index (χ4v) is 1.86. The predicted molar refractivity (Wildman–Crippen MR) is 92.4 cm³/mol. The van der Waals surface area contributed by atoms with Gasteiger partial charge in [0.05, 0.1) is 6.61 Å². The molecule has 0 radical (unpaired) electrons. The smallest absolute Gasteiger partial charge is 0.341 e. The third-order valence-electron chi connectivity index (χ3n) is 2.72. The van der Waals surface area contributed by atoms with Gasteiger partial charge in [-0.25, -0.2) is 4.79 Å². The third-order valence-corrected chi connectivity index (χ3v) is 2.93. The average Bonchev–Trinajstić information content (AvgIpc) is 2.55. The molecule has 0 aromatic heterocycles. The third kappa shape index (κ3) is 4.61. The van der Waals surface area contributed by atoms with Gasteiger partial charge in [-0.1, -0.05) is 30.4 Å². The van der Waals surface area contributed by atoms with Gasteiger partial charge in [-0.15, -0.1) is 0 Å². The lowest BCUT2D eigenvalue weighted by molar-refractivity contribution is -0.138. The minimum atomic E-state index is -0.986. The molecular formula is C16H14N4O3S. The van der Waals surface area contributed by atoms with Gasteiger partial charge in [0.25, 0.3) is 5.91 Å². The quantitative estimate of drug-likeness (QED) is 0.179. The Kier molecular flexibility index (Phi) is 7.04. The number of ether oxygens (including phenoxy) is 1. The standard InChI is InChI=1S/C16H14N4O3S/c1-2-23-16(22)13(11(8-17)14(19)24)12(9-18)15(21)20-10-6-4-3-5-7-10/h3-7,18H,2H2,1H3,(H2,19,24)(H,20,21)/b13-11+. The van der Waals surface area contributed by atoms with Crippen LogP contribution in [0, 0.1) is 16.7 Å². The topological polar surface area (TPSA) is 129 Å². The van der Waals surface area contributed by atoms with Crippen LogP contribution in [-0.2, 0) is 14.3 Å². The maximum atomic E-state index is 12.4. The fourth-order valence-electron chi connectivity index (χ4n) is 1.71. The Bertz CT molecular complexity index is 787. The Balaban J connectivity index is 3.36. The summed E-state index contributed by atoms with van der Waals surface area (Å²) in [6, 6.07) is 10.0. The molecule has 1 aromatic carbocycles. The molecule has 0 fully saturated rings. The minimum absolute atomic E-state index is 0.00393. The van der Waals surface area contributed by atoms with E-state index in [0.717, 1.165) is 0 Å². The van der Waals surface area contributed by atoms with Crippen molar-refractivity contribution in [3.8, 4) is 6.07 Å². The molecule has 24 heavy (non-hydrogen) atoms. The number of benzene rings is 1. The zero-order valence-corrected chi connectivity index (χ0v) is 13.6. The van der Waals surface area contributed by atoms with Crippen LogP contribution in [0.1, 0.15) is 6.92 Å². The molecule has 0 saturated heterocycles. The highest BCUT2D eigenvalue weighted by Crippen LogP contribution is 2.18. The first-order chi connectivity index (χ1) is 11.5. The Morgan fingerprint density at radius 1 is 1.38 bits per heavy atom. The van der Waals surface area contributed by atoms with Crippen LogP contribution in [0.25, 0.3) is 0 Å². The van der Waals surface area contributed by atoms with E-state index >= 15 is 0 Å². The molecule has 0 aliphatic rings. The summed E-state index contributed by atoms with van der Waals surface area (Å²) in [6.45, 7) is 1.56. The van der Waals surface area contributed by atoms with Crippen molar-refractivity contribution in [1.82, 2.24) is 0 Å². The highest BCUT2D eigenvalue weighted by atomic mass is 32.1. The first-order valence-corrected chi connectivity index (χ1v) is 7.14. The van der Waals surface area contributed by atoms with Crippen LogP contribution in [0.5, 0.6) is 0 Å². The van der Waals surface area contributed by atoms with E-state index in [1.54, 1.807) is 43.3 Å². The molecule has 0 aliphatic carbocycles. The van der Waals surface area contributed by atoms with E-state index in [0.29, 0.717) is 5.69 Å². The number of rotatable bonds is 6. The van der Waals surface area contributed by atoms with Crippen molar-refractivity contribution in [1.29, 1.82) is 10.7 Å². The lowest BCUT2D eigenvalue weighted by Gasteiger charge is -2.11. The summed E-state index contributed by atoms with van der Waals surface area (Å²) in [6.07, 6.45) is 0. The Labute approximate surface area is 143 Å². The first-order valence-electron chi connectivity index (χ1n) is 6.74. The van der Waals surface area contributed by atoms with Gasteiger partial charge in [-0.05, 0) is 24.9 Å². The van der Waals surface area contributed by atoms with Gasteiger partial charge in [0.1, 0.15) is 27.8 Å². The van der Waals surface area contributed by atoms with Gasteiger partial charge in [0.2, 0.25) is 0 Å². The average molecular weight is 342 g/mol. The molecule has 0 unspecified atom stereocenters. The first kappa shape index (κ1) is 18.8. The van der Waals surface area contributed by atoms with Crippen LogP contribution in [0.2, 0.25) is 0 Å². The van der Waals surface area contributed by atoms with Crippen molar-refractivity contribution >= 4 is 40.6 Å². The van der Waals surface area contributed by atoms with Gasteiger partial charge in [0.15, 0.2) is 0 Å². The molecule has 7 nitrogen and oxygen atoms in total. The largest absolute Gasteiger partial charge is 0.462 e. The van der Waals surface area contributed by atoms with Gasteiger partial charge < -0.3 is 15.8 Å². The number of nitrogens with zero attached hydrogens (tertiary/aromatic N) is 1. The van der Waals surface area contributed by atoms with Crippen LogP contribution in [0.4, 0.5) is 5.69 Å². The SMILES string of the molecule is CCOC(=O)/C(C(=C=N)C(=O)Nc1ccccc1)=C(\C#N)C(N)=S.